The van der Waals surface area contributed by atoms with Crippen molar-refractivity contribution in [1.29, 1.82) is 0 Å². The van der Waals surface area contributed by atoms with Crippen molar-refractivity contribution < 1.29 is 4.79 Å². The summed E-state index contributed by atoms with van der Waals surface area (Å²) in [5.41, 5.74) is 1.06. The van der Waals surface area contributed by atoms with Crippen molar-refractivity contribution in [2.45, 2.75) is 44.2 Å². The van der Waals surface area contributed by atoms with Crippen molar-refractivity contribution in [2.75, 3.05) is 13.1 Å². The molecule has 1 aliphatic carbocycles. The molecule has 2 heterocycles. The Balaban J connectivity index is 1.61. The minimum atomic E-state index is 0.266. The lowest BCUT2D eigenvalue weighted by Crippen LogP contribution is -2.43. The van der Waals surface area contributed by atoms with Crippen LogP contribution in [0.1, 0.15) is 31.2 Å². The van der Waals surface area contributed by atoms with Crippen molar-refractivity contribution in [3.05, 3.63) is 30.1 Å². The molecule has 4 nitrogen and oxygen atoms in total. The SMILES string of the molecule is O=C(Cc1ccncc1)N(CC1CCCN1)C1CC1. The van der Waals surface area contributed by atoms with Crippen molar-refractivity contribution in [3.63, 3.8) is 0 Å². The molecule has 0 radical (unpaired) electrons. The lowest BCUT2D eigenvalue weighted by molar-refractivity contribution is -0.131. The third kappa shape index (κ3) is 3.32. The third-order valence-electron chi connectivity index (χ3n) is 3.99. The average molecular weight is 259 g/mol. The molecule has 1 aliphatic heterocycles. The predicted molar refractivity (Wildman–Crippen MR) is 73.7 cm³/mol. The van der Waals surface area contributed by atoms with Crippen LogP contribution in [0.2, 0.25) is 0 Å². The maximum Gasteiger partial charge on any atom is 0.227 e. The maximum absolute atomic E-state index is 12.5. The molecule has 2 fully saturated rings. The largest absolute Gasteiger partial charge is 0.338 e. The lowest BCUT2D eigenvalue weighted by atomic mass is 10.1. The van der Waals surface area contributed by atoms with Gasteiger partial charge in [-0.25, -0.2) is 0 Å². The van der Waals surface area contributed by atoms with Crippen molar-refractivity contribution in [1.82, 2.24) is 15.2 Å². The fourth-order valence-electron chi connectivity index (χ4n) is 2.77. The molecule has 1 saturated heterocycles. The number of nitrogens with zero attached hydrogens (tertiary/aromatic N) is 2. The van der Waals surface area contributed by atoms with E-state index in [2.05, 4.69) is 15.2 Å². The first-order valence-electron chi connectivity index (χ1n) is 7.24. The molecular weight excluding hydrogens is 238 g/mol. The molecule has 1 saturated carbocycles. The van der Waals surface area contributed by atoms with E-state index in [1.807, 2.05) is 12.1 Å². The highest BCUT2D eigenvalue weighted by Crippen LogP contribution is 2.28. The number of hydrogen-bond acceptors (Lipinski definition) is 3. The smallest absolute Gasteiger partial charge is 0.227 e. The fourth-order valence-corrected chi connectivity index (χ4v) is 2.77. The zero-order valence-corrected chi connectivity index (χ0v) is 11.2. The Bertz CT molecular complexity index is 424. The highest BCUT2D eigenvalue weighted by atomic mass is 16.2. The topological polar surface area (TPSA) is 45.2 Å². The minimum Gasteiger partial charge on any atom is -0.338 e. The number of carbonyl (C=O) groups excluding carboxylic acids is 1. The van der Waals surface area contributed by atoms with Gasteiger partial charge >= 0.3 is 0 Å². The van der Waals surface area contributed by atoms with Crippen molar-refractivity contribution >= 4 is 5.91 Å². The molecule has 1 amide bonds. The number of rotatable bonds is 5. The number of nitrogens with one attached hydrogen (secondary N) is 1. The molecular formula is C15H21N3O. The van der Waals surface area contributed by atoms with Gasteiger partial charge in [0.25, 0.3) is 0 Å². The third-order valence-corrected chi connectivity index (χ3v) is 3.99. The molecule has 4 heteroatoms. The monoisotopic (exact) mass is 259 g/mol. The quantitative estimate of drug-likeness (QED) is 0.868. The van der Waals surface area contributed by atoms with Gasteiger partial charge in [-0.3, -0.25) is 9.78 Å². The molecule has 1 atom stereocenters. The Kier molecular flexibility index (Phi) is 3.78. The fraction of sp³-hybridized carbons (Fsp3) is 0.600. The number of pyridine rings is 1. The Morgan fingerprint density at radius 3 is 2.74 bits per heavy atom. The van der Waals surface area contributed by atoms with Crippen LogP contribution in [-0.2, 0) is 11.2 Å². The van der Waals surface area contributed by atoms with Gasteiger partial charge in [0.2, 0.25) is 5.91 Å². The highest BCUT2D eigenvalue weighted by Gasteiger charge is 2.34. The predicted octanol–water partition coefficient (Wildman–Crippen LogP) is 1.37. The second-order valence-electron chi connectivity index (χ2n) is 5.60. The molecule has 1 aromatic heterocycles. The summed E-state index contributed by atoms with van der Waals surface area (Å²) in [6.45, 7) is 1.98. The standard InChI is InChI=1S/C15H21N3O/c19-15(10-12-5-8-16-9-6-12)18(14-3-4-14)11-13-2-1-7-17-13/h5-6,8-9,13-14,17H,1-4,7,10-11H2. The summed E-state index contributed by atoms with van der Waals surface area (Å²) in [5, 5.41) is 3.48. The summed E-state index contributed by atoms with van der Waals surface area (Å²) >= 11 is 0. The van der Waals surface area contributed by atoms with E-state index < -0.39 is 0 Å². The Morgan fingerprint density at radius 1 is 1.32 bits per heavy atom. The molecule has 0 bridgehead atoms. The van der Waals surface area contributed by atoms with Gasteiger partial charge in [0.15, 0.2) is 0 Å². The van der Waals surface area contributed by atoms with E-state index in [9.17, 15) is 4.79 Å². The van der Waals surface area contributed by atoms with Crippen LogP contribution in [0.15, 0.2) is 24.5 Å². The van der Waals surface area contributed by atoms with Gasteiger partial charge in [-0.15, -0.1) is 0 Å². The second kappa shape index (κ2) is 5.70. The number of hydrogen-bond donors (Lipinski definition) is 1. The Morgan fingerprint density at radius 2 is 2.11 bits per heavy atom. The van der Waals surface area contributed by atoms with Crippen molar-refractivity contribution in [3.8, 4) is 0 Å². The van der Waals surface area contributed by atoms with E-state index in [0.717, 1.165) is 18.7 Å². The van der Waals surface area contributed by atoms with E-state index >= 15 is 0 Å². The summed E-state index contributed by atoms with van der Waals surface area (Å²) in [4.78, 5) is 18.6. The molecule has 1 unspecified atom stereocenters. The normalized spacial score (nSPS) is 22.4. The van der Waals surface area contributed by atoms with Crippen molar-refractivity contribution in [2.24, 2.45) is 0 Å². The number of aromatic nitrogens is 1. The summed E-state index contributed by atoms with van der Waals surface area (Å²) in [7, 11) is 0. The van der Waals surface area contributed by atoms with Crippen LogP contribution >= 0.6 is 0 Å². The van der Waals surface area contributed by atoms with Crippen LogP contribution < -0.4 is 5.32 Å². The zero-order chi connectivity index (χ0) is 13.1. The van der Waals surface area contributed by atoms with E-state index in [-0.39, 0.29) is 5.91 Å². The summed E-state index contributed by atoms with van der Waals surface area (Å²) in [6.07, 6.45) is 8.80. The second-order valence-corrected chi connectivity index (χ2v) is 5.60. The molecule has 0 spiro atoms. The van der Waals surface area contributed by atoms with Gasteiger partial charge in [0, 0.05) is 31.0 Å². The Labute approximate surface area is 114 Å². The zero-order valence-electron chi connectivity index (χ0n) is 11.2. The van der Waals surface area contributed by atoms with Crippen LogP contribution in [0.4, 0.5) is 0 Å². The van der Waals surface area contributed by atoms with Crippen LogP contribution in [0, 0.1) is 0 Å². The van der Waals surface area contributed by atoms with Gasteiger partial charge in [0.05, 0.1) is 6.42 Å². The van der Waals surface area contributed by atoms with E-state index in [1.165, 1.54) is 25.7 Å². The molecule has 102 valence electrons. The molecule has 1 N–H and O–H groups in total. The first kappa shape index (κ1) is 12.6. The van der Waals surface area contributed by atoms with Gasteiger partial charge in [-0.1, -0.05) is 0 Å². The Hall–Kier alpha value is -1.42. The molecule has 0 aromatic carbocycles. The summed E-state index contributed by atoms with van der Waals surface area (Å²) < 4.78 is 0. The average Bonchev–Trinajstić information content (AvgIpc) is 3.14. The van der Waals surface area contributed by atoms with Gasteiger partial charge < -0.3 is 10.2 Å². The summed E-state index contributed by atoms with van der Waals surface area (Å²) in [6, 6.07) is 4.85. The van der Waals surface area contributed by atoms with Crippen LogP contribution in [-0.4, -0.2) is 41.0 Å². The minimum absolute atomic E-state index is 0.266. The molecule has 19 heavy (non-hydrogen) atoms. The lowest BCUT2D eigenvalue weighted by Gasteiger charge is -2.26. The van der Waals surface area contributed by atoms with Gasteiger partial charge in [-0.05, 0) is 49.9 Å². The van der Waals surface area contributed by atoms with Crippen LogP contribution in [0.3, 0.4) is 0 Å². The number of amides is 1. The summed E-state index contributed by atoms with van der Waals surface area (Å²) in [5.74, 6) is 0.266. The van der Waals surface area contributed by atoms with Gasteiger partial charge in [-0.2, -0.15) is 0 Å². The maximum atomic E-state index is 12.5. The molecule has 3 rings (SSSR count). The first-order valence-corrected chi connectivity index (χ1v) is 7.24. The molecule has 1 aromatic rings. The van der Waals surface area contributed by atoms with E-state index in [1.54, 1.807) is 12.4 Å². The first-order chi connectivity index (χ1) is 9.33. The van der Waals surface area contributed by atoms with E-state index in [0.29, 0.717) is 18.5 Å². The van der Waals surface area contributed by atoms with Gasteiger partial charge in [0.1, 0.15) is 0 Å². The number of carbonyl (C=O) groups is 1. The molecule has 2 aliphatic rings. The highest BCUT2D eigenvalue weighted by molar-refractivity contribution is 5.79. The van der Waals surface area contributed by atoms with E-state index in [4.69, 9.17) is 0 Å². The van der Waals surface area contributed by atoms with Crippen LogP contribution in [0.5, 0.6) is 0 Å². The van der Waals surface area contributed by atoms with Crippen LogP contribution in [0.25, 0.3) is 0 Å².